The van der Waals surface area contributed by atoms with Crippen LogP contribution in [-0.4, -0.2) is 47.3 Å². The van der Waals surface area contributed by atoms with Crippen LogP contribution in [-0.2, 0) is 6.54 Å². The number of nitrogens with zero attached hydrogens (tertiary/aromatic N) is 3. The van der Waals surface area contributed by atoms with Crippen LogP contribution in [0.25, 0.3) is 0 Å². The maximum absolute atomic E-state index is 14.0. The number of rotatable bonds is 8. The zero-order valence-electron chi connectivity index (χ0n) is 19.5. The number of nitrogens with one attached hydrogen (secondary N) is 1. The first-order chi connectivity index (χ1) is 16.5. The minimum atomic E-state index is -1.18. The topological polar surface area (TPSA) is 83.9 Å². The number of hydrogen-bond donors (Lipinski definition) is 1. The first kappa shape index (κ1) is 25.6. The first-order valence-corrected chi connectivity index (χ1v) is 10.6. The van der Waals surface area contributed by atoms with Crippen LogP contribution < -0.4 is 20.5 Å². The molecule has 1 aromatic heterocycles. The molecule has 0 bridgehead atoms. The van der Waals surface area contributed by atoms with Crippen LogP contribution in [0.4, 0.5) is 13.2 Å². The summed E-state index contributed by atoms with van der Waals surface area (Å²) in [6.07, 6.45) is 4.35. The number of carbonyl (C=O) groups excluding carboxylic acids is 2. The maximum Gasteiger partial charge on any atom is 0.278 e. The minimum Gasteiger partial charge on any atom is -0.491 e. The van der Waals surface area contributed by atoms with Gasteiger partial charge in [-0.05, 0) is 13.8 Å². The summed E-state index contributed by atoms with van der Waals surface area (Å²) in [6, 6.07) is 0.251. The fourth-order valence-electron chi connectivity index (χ4n) is 3.65. The van der Waals surface area contributed by atoms with Gasteiger partial charge in [-0.1, -0.05) is 12.2 Å². The number of aromatic nitrogens is 1. The summed E-state index contributed by atoms with van der Waals surface area (Å²) in [5.74, 6) is -5.32. The predicted octanol–water partition coefficient (Wildman–Crippen LogP) is 2.70. The Kier molecular flexibility index (Phi) is 7.37. The summed E-state index contributed by atoms with van der Waals surface area (Å²) in [7, 11) is 1.19. The van der Waals surface area contributed by atoms with E-state index in [-0.39, 0.29) is 30.2 Å². The maximum atomic E-state index is 14.0. The van der Waals surface area contributed by atoms with Crippen molar-refractivity contribution >= 4 is 11.8 Å². The number of benzene rings is 1. The van der Waals surface area contributed by atoms with Gasteiger partial charge in [0.2, 0.25) is 5.43 Å². The Bertz CT molecular complexity index is 1240. The molecule has 2 atom stereocenters. The lowest BCUT2D eigenvalue weighted by molar-refractivity contribution is 0.0644. The fraction of sp³-hybridized carbons (Fsp3) is 0.292. The van der Waals surface area contributed by atoms with E-state index in [9.17, 15) is 27.6 Å². The Labute approximate surface area is 199 Å². The van der Waals surface area contributed by atoms with Crippen molar-refractivity contribution in [2.45, 2.75) is 32.5 Å². The van der Waals surface area contributed by atoms with Gasteiger partial charge in [-0.15, -0.1) is 13.2 Å². The normalized spacial score (nSPS) is 14.7. The van der Waals surface area contributed by atoms with Crippen LogP contribution >= 0.6 is 0 Å². The molecular formula is C24H25F3N4O4. The zero-order valence-corrected chi connectivity index (χ0v) is 19.5. The second kappa shape index (κ2) is 10.1. The quantitative estimate of drug-likeness (QED) is 0.576. The number of ether oxygens (including phenoxy) is 1. The zero-order chi connectivity index (χ0) is 26.0. The second-order valence-corrected chi connectivity index (χ2v) is 7.94. The van der Waals surface area contributed by atoms with Gasteiger partial charge < -0.3 is 15.0 Å². The predicted molar refractivity (Wildman–Crippen MR) is 123 cm³/mol. The molecule has 0 radical (unpaired) electrons. The van der Waals surface area contributed by atoms with Gasteiger partial charge in [-0.3, -0.25) is 24.1 Å². The van der Waals surface area contributed by atoms with Crippen molar-refractivity contribution in [2.75, 3.05) is 18.8 Å². The third-order valence-electron chi connectivity index (χ3n) is 5.81. The Hall–Kier alpha value is -4.02. The summed E-state index contributed by atoms with van der Waals surface area (Å²) in [5, 5.41) is 3.95. The minimum absolute atomic E-state index is 0.0886. The molecule has 0 aliphatic carbocycles. The summed E-state index contributed by atoms with van der Waals surface area (Å²) in [6.45, 7) is 10.5. The Balaban J connectivity index is 2.08. The lowest BCUT2D eigenvalue weighted by Crippen LogP contribution is -2.59. The van der Waals surface area contributed by atoms with Gasteiger partial charge in [-0.2, -0.15) is 0 Å². The van der Waals surface area contributed by atoms with Crippen LogP contribution in [0.3, 0.4) is 0 Å². The Morgan fingerprint density at radius 1 is 1.14 bits per heavy atom. The second-order valence-electron chi connectivity index (χ2n) is 7.94. The highest BCUT2D eigenvalue weighted by Gasteiger charge is 2.37. The number of halogens is 3. The van der Waals surface area contributed by atoms with Crippen molar-refractivity contribution in [3.05, 3.63) is 88.1 Å². The number of hydrogen-bond acceptors (Lipinski definition) is 5. The Morgan fingerprint density at radius 2 is 1.74 bits per heavy atom. The molecule has 11 heteroatoms. The first-order valence-electron chi connectivity index (χ1n) is 10.6. The molecule has 1 aliphatic rings. The van der Waals surface area contributed by atoms with Gasteiger partial charge in [0, 0.05) is 36.5 Å². The third-order valence-corrected chi connectivity index (χ3v) is 5.81. The van der Waals surface area contributed by atoms with Crippen LogP contribution in [0.1, 0.15) is 40.3 Å². The van der Waals surface area contributed by atoms with E-state index >= 15 is 0 Å². The third kappa shape index (κ3) is 4.66. The fourth-order valence-corrected chi connectivity index (χ4v) is 3.65. The van der Waals surface area contributed by atoms with E-state index < -0.39 is 52.4 Å². The highest BCUT2D eigenvalue weighted by atomic mass is 19.1. The van der Waals surface area contributed by atoms with Crippen LogP contribution in [0.15, 0.2) is 48.4 Å². The monoisotopic (exact) mass is 490 g/mol. The number of fused-ring (bicyclic) bond motifs is 1. The SMILES string of the molecule is C=C[C@@H](C)N1CN([C@@H](C)C=C)C(=O)c2c(OC)c(=O)c(C(=O)NCc3c(F)cc(F)cc3F)cn21. The van der Waals surface area contributed by atoms with Crippen molar-refractivity contribution in [2.24, 2.45) is 0 Å². The Morgan fingerprint density at radius 3 is 2.29 bits per heavy atom. The van der Waals surface area contributed by atoms with Gasteiger partial charge in [0.1, 0.15) is 29.7 Å². The smallest absolute Gasteiger partial charge is 0.278 e. The van der Waals surface area contributed by atoms with Crippen molar-refractivity contribution < 1.29 is 27.5 Å². The summed E-state index contributed by atoms with van der Waals surface area (Å²) in [4.78, 5) is 40.7. The molecule has 186 valence electrons. The lowest BCUT2D eigenvalue weighted by Gasteiger charge is -2.43. The molecule has 0 unspecified atom stereocenters. The van der Waals surface area contributed by atoms with Crippen molar-refractivity contribution in [3.8, 4) is 5.75 Å². The number of carbonyl (C=O) groups is 2. The largest absolute Gasteiger partial charge is 0.491 e. The standard InChI is InChI=1S/C24H25F3N4O4/c1-6-13(3)29-12-31(14(4)7-2)30-11-17(21(32)22(35-5)20(30)24(29)34)23(33)28-10-16-18(26)8-15(25)9-19(16)27/h6-9,11,13-14H,1-2,10,12H2,3-5H3,(H,28,33)/t13-,14+/m0/s1. The molecule has 1 N–H and O–H groups in total. The molecule has 0 spiro atoms. The van der Waals surface area contributed by atoms with E-state index in [0.29, 0.717) is 12.1 Å². The average Bonchev–Trinajstić information content (AvgIpc) is 2.82. The molecule has 1 aliphatic heterocycles. The van der Waals surface area contributed by atoms with Crippen LogP contribution in [0, 0.1) is 17.5 Å². The molecule has 0 fully saturated rings. The van der Waals surface area contributed by atoms with Crippen LogP contribution in [0.5, 0.6) is 5.75 Å². The van der Waals surface area contributed by atoms with Crippen LogP contribution in [0.2, 0.25) is 0 Å². The van der Waals surface area contributed by atoms with E-state index in [1.54, 1.807) is 31.0 Å². The van der Waals surface area contributed by atoms with E-state index in [4.69, 9.17) is 4.74 Å². The molecule has 3 rings (SSSR count). The molecular weight excluding hydrogens is 465 g/mol. The molecule has 2 heterocycles. The summed E-state index contributed by atoms with van der Waals surface area (Å²) in [5.41, 5.74) is -1.98. The number of pyridine rings is 1. The summed E-state index contributed by atoms with van der Waals surface area (Å²) < 4.78 is 47.7. The number of amides is 2. The molecule has 2 aromatic rings. The van der Waals surface area contributed by atoms with Crippen molar-refractivity contribution in [1.82, 2.24) is 14.9 Å². The molecule has 2 amide bonds. The molecule has 8 nitrogen and oxygen atoms in total. The lowest BCUT2D eigenvalue weighted by atomic mass is 10.1. The van der Waals surface area contributed by atoms with Gasteiger partial charge in [-0.25, -0.2) is 13.2 Å². The van der Waals surface area contributed by atoms with Gasteiger partial charge in [0.05, 0.1) is 13.2 Å². The number of methoxy groups -OCH3 is 1. The van der Waals surface area contributed by atoms with E-state index in [0.717, 1.165) is 0 Å². The van der Waals surface area contributed by atoms with Crippen molar-refractivity contribution in [1.29, 1.82) is 0 Å². The average molecular weight is 490 g/mol. The molecule has 35 heavy (non-hydrogen) atoms. The highest BCUT2D eigenvalue weighted by Crippen LogP contribution is 2.25. The van der Waals surface area contributed by atoms with Gasteiger partial charge in [0.15, 0.2) is 11.4 Å². The van der Waals surface area contributed by atoms with E-state index in [1.807, 2.05) is 0 Å². The van der Waals surface area contributed by atoms with Gasteiger partial charge in [0.25, 0.3) is 11.8 Å². The molecule has 0 saturated carbocycles. The molecule has 1 aromatic carbocycles. The summed E-state index contributed by atoms with van der Waals surface area (Å²) >= 11 is 0. The van der Waals surface area contributed by atoms with E-state index in [1.165, 1.54) is 22.9 Å². The van der Waals surface area contributed by atoms with Gasteiger partial charge >= 0.3 is 0 Å². The van der Waals surface area contributed by atoms with Crippen molar-refractivity contribution in [3.63, 3.8) is 0 Å². The highest BCUT2D eigenvalue weighted by molar-refractivity contribution is 5.99. The van der Waals surface area contributed by atoms with E-state index in [2.05, 4.69) is 18.5 Å². The molecule has 0 saturated heterocycles.